The molecule has 0 aromatic carbocycles. The van der Waals surface area contributed by atoms with Crippen molar-refractivity contribution in [2.45, 2.75) is 77.8 Å². The van der Waals surface area contributed by atoms with Crippen LogP contribution in [0.2, 0.25) is 0 Å². The van der Waals surface area contributed by atoms with Crippen LogP contribution < -0.4 is 16.0 Å². The largest absolute Gasteiger partial charge is 0.351 e. The predicted octanol–water partition coefficient (Wildman–Crippen LogP) is 3.18. The molecule has 0 spiro atoms. The van der Waals surface area contributed by atoms with Crippen LogP contribution in [0.15, 0.2) is 0 Å². The van der Waals surface area contributed by atoms with E-state index >= 15 is 0 Å². The zero-order chi connectivity index (χ0) is 18.4. The van der Waals surface area contributed by atoms with Gasteiger partial charge in [0.1, 0.15) is 0 Å². The third-order valence-corrected chi connectivity index (χ3v) is 6.22. The van der Waals surface area contributed by atoms with E-state index in [9.17, 15) is 9.59 Å². The zero-order valence-corrected chi connectivity index (χ0v) is 16.5. The quantitative estimate of drug-likeness (QED) is 0.754. The first kappa shape index (κ1) is 18.2. The van der Waals surface area contributed by atoms with Crippen LogP contribution in [0.4, 0.5) is 9.93 Å². The van der Waals surface area contributed by atoms with Crippen molar-refractivity contribution in [1.29, 1.82) is 0 Å². The summed E-state index contributed by atoms with van der Waals surface area (Å²) in [4.78, 5) is 30.1. The fourth-order valence-corrected chi connectivity index (χ4v) is 4.86. The molecule has 1 saturated heterocycles. The topological polar surface area (TPSA) is 83.1 Å². The van der Waals surface area contributed by atoms with E-state index in [1.807, 2.05) is 0 Å². The summed E-state index contributed by atoms with van der Waals surface area (Å²) >= 11 is 1.57. The Bertz CT molecular complexity index is 690. The highest BCUT2D eigenvalue weighted by atomic mass is 32.1. The number of rotatable bonds is 2. The lowest BCUT2D eigenvalue weighted by Crippen LogP contribution is -2.60. The van der Waals surface area contributed by atoms with Crippen LogP contribution in [0.1, 0.15) is 64.5 Å². The Morgan fingerprint density at radius 1 is 1.32 bits per heavy atom. The summed E-state index contributed by atoms with van der Waals surface area (Å²) in [5.74, 6) is 0.0527. The molecule has 0 unspecified atom stereocenters. The van der Waals surface area contributed by atoms with E-state index in [2.05, 4.69) is 55.6 Å². The average molecular weight is 365 g/mol. The summed E-state index contributed by atoms with van der Waals surface area (Å²) in [5, 5.41) is 9.59. The molecule has 25 heavy (non-hydrogen) atoms. The number of thiazole rings is 1. The highest BCUT2D eigenvalue weighted by molar-refractivity contribution is 7.16. The Morgan fingerprint density at radius 2 is 2.04 bits per heavy atom. The summed E-state index contributed by atoms with van der Waals surface area (Å²) in [6.07, 6.45) is 3.24. The van der Waals surface area contributed by atoms with E-state index in [1.54, 1.807) is 11.3 Å². The highest BCUT2D eigenvalue weighted by Gasteiger charge is 2.38. The van der Waals surface area contributed by atoms with Gasteiger partial charge in [0.15, 0.2) is 5.13 Å². The van der Waals surface area contributed by atoms with Crippen molar-refractivity contribution in [3.63, 3.8) is 0 Å². The van der Waals surface area contributed by atoms with E-state index in [-0.39, 0.29) is 34.9 Å². The number of aromatic nitrogens is 1. The van der Waals surface area contributed by atoms with E-state index in [0.29, 0.717) is 18.0 Å². The molecule has 6 nitrogen and oxygen atoms in total. The Morgan fingerprint density at radius 3 is 2.68 bits per heavy atom. The summed E-state index contributed by atoms with van der Waals surface area (Å²) in [7, 11) is 0. The maximum absolute atomic E-state index is 12.5. The van der Waals surface area contributed by atoms with E-state index in [1.165, 1.54) is 4.88 Å². The summed E-state index contributed by atoms with van der Waals surface area (Å²) < 4.78 is 0. The highest BCUT2D eigenvalue weighted by Crippen LogP contribution is 2.42. The number of anilines is 1. The molecule has 1 aliphatic carbocycles. The lowest BCUT2D eigenvalue weighted by Gasteiger charge is -2.40. The summed E-state index contributed by atoms with van der Waals surface area (Å²) in [6.45, 7) is 10.6. The van der Waals surface area contributed by atoms with E-state index in [0.717, 1.165) is 18.5 Å². The second-order valence-corrected chi connectivity index (χ2v) is 9.91. The molecule has 1 aliphatic heterocycles. The minimum Gasteiger partial charge on any atom is -0.351 e. The number of amides is 3. The van der Waals surface area contributed by atoms with Crippen LogP contribution in [0.5, 0.6) is 0 Å². The predicted molar refractivity (Wildman–Crippen MR) is 100 cm³/mol. The fourth-order valence-electron chi connectivity index (χ4n) is 3.72. The molecular weight excluding hydrogens is 336 g/mol. The van der Waals surface area contributed by atoms with E-state index < -0.39 is 0 Å². The second kappa shape index (κ2) is 6.27. The van der Waals surface area contributed by atoms with Crippen molar-refractivity contribution in [2.75, 3.05) is 5.32 Å². The van der Waals surface area contributed by atoms with Gasteiger partial charge >= 0.3 is 6.03 Å². The lowest BCUT2D eigenvalue weighted by molar-refractivity contribution is -0.125. The SMILES string of the molecule is CC1(C)CCc2sc(NC(=O)N[C@@H]3CCC(=O)N[C@H]3C(C)(C)C)nc21. The van der Waals surface area contributed by atoms with Crippen LogP contribution >= 0.6 is 11.3 Å². The van der Waals surface area contributed by atoms with Crippen molar-refractivity contribution in [1.82, 2.24) is 15.6 Å². The van der Waals surface area contributed by atoms with Gasteiger partial charge in [-0.3, -0.25) is 10.1 Å². The minimum absolute atomic E-state index is 0.0527. The van der Waals surface area contributed by atoms with E-state index in [4.69, 9.17) is 0 Å². The standard InChI is InChI=1S/C18H28N4O2S/c1-17(2,3)13-10(6-7-12(23)20-13)19-15(24)22-16-21-14-11(25-16)8-9-18(14,4)5/h10,13H,6-9H2,1-5H3,(H,20,23)(H2,19,21,22,24)/t10-,13-/m1/s1. The number of nitrogens with one attached hydrogen (secondary N) is 3. The Hall–Kier alpha value is -1.63. The third-order valence-electron chi connectivity index (χ3n) is 5.19. The number of nitrogens with zero attached hydrogens (tertiary/aromatic N) is 1. The molecule has 2 atom stereocenters. The van der Waals surface area contributed by atoms with Crippen LogP contribution in [-0.2, 0) is 16.6 Å². The minimum atomic E-state index is -0.249. The molecule has 0 radical (unpaired) electrons. The molecule has 2 aliphatic rings. The van der Waals surface area contributed by atoms with Crippen LogP contribution in [-0.4, -0.2) is 29.0 Å². The number of aryl methyl sites for hydroxylation is 1. The molecule has 7 heteroatoms. The summed E-state index contributed by atoms with van der Waals surface area (Å²) in [6, 6.07) is -0.415. The fraction of sp³-hybridized carbons (Fsp3) is 0.722. The molecule has 3 amide bonds. The molecule has 0 saturated carbocycles. The Balaban J connectivity index is 1.65. The van der Waals surface area contributed by atoms with Gasteiger partial charge < -0.3 is 10.6 Å². The molecule has 1 fully saturated rings. The monoisotopic (exact) mass is 364 g/mol. The first-order valence-electron chi connectivity index (χ1n) is 8.93. The van der Waals surface area contributed by atoms with Crippen molar-refractivity contribution in [3.8, 4) is 0 Å². The Labute approximate surface area is 153 Å². The summed E-state index contributed by atoms with van der Waals surface area (Å²) in [5.41, 5.74) is 1.08. The second-order valence-electron chi connectivity index (χ2n) is 8.83. The van der Waals surface area contributed by atoms with Crippen molar-refractivity contribution in [2.24, 2.45) is 5.41 Å². The number of hydrogen-bond donors (Lipinski definition) is 3. The van der Waals surface area contributed by atoms with Crippen molar-refractivity contribution < 1.29 is 9.59 Å². The van der Waals surface area contributed by atoms with Gasteiger partial charge in [0.2, 0.25) is 5.91 Å². The van der Waals surface area contributed by atoms with Gasteiger partial charge in [-0.15, -0.1) is 11.3 Å². The molecule has 138 valence electrons. The van der Waals surface area contributed by atoms with Gasteiger partial charge in [-0.1, -0.05) is 34.6 Å². The van der Waals surface area contributed by atoms with Gasteiger partial charge in [-0.25, -0.2) is 9.78 Å². The number of hydrogen-bond acceptors (Lipinski definition) is 4. The van der Waals surface area contributed by atoms with Crippen molar-refractivity contribution >= 4 is 28.4 Å². The molecular formula is C18H28N4O2S. The molecule has 1 aromatic rings. The number of carbonyl (C=O) groups is 2. The van der Waals surface area contributed by atoms with Gasteiger partial charge in [0.25, 0.3) is 0 Å². The van der Waals surface area contributed by atoms with Gasteiger partial charge in [0, 0.05) is 16.7 Å². The van der Waals surface area contributed by atoms with Crippen LogP contribution in [0, 0.1) is 5.41 Å². The zero-order valence-electron chi connectivity index (χ0n) is 15.7. The number of piperidine rings is 1. The average Bonchev–Trinajstić information content (AvgIpc) is 3.00. The number of urea groups is 1. The van der Waals surface area contributed by atoms with Gasteiger partial charge in [-0.05, 0) is 24.7 Å². The Kier molecular flexibility index (Phi) is 4.56. The van der Waals surface area contributed by atoms with Crippen molar-refractivity contribution in [3.05, 3.63) is 10.6 Å². The third kappa shape index (κ3) is 3.81. The molecule has 0 bridgehead atoms. The van der Waals surface area contributed by atoms with Gasteiger partial charge in [-0.2, -0.15) is 0 Å². The molecule has 3 rings (SSSR count). The maximum atomic E-state index is 12.5. The van der Waals surface area contributed by atoms with Gasteiger partial charge in [0.05, 0.1) is 17.8 Å². The lowest BCUT2D eigenvalue weighted by atomic mass is 9.79. The first-order chi connectivity index (χ1) is 11.6. The molecule has 3 N–H and O–H groups in total. The molecule has 2 heterocycles. The molecule has 1 aromatic heterocycles. The first-order valence-corrected chi connectivity index (χ1v) is 9.75. The number of carbonyl (C=O) groups excluding carboxylic acids is 2. The smallest absolute Gasteiger partial charge is 0.321 e. The number of fused-ring (bicyclic) bond motifs is 1. The maximum Gasteiger partial charge on any atom is 0.321 e. The van der Waals surface area contributed by atoms with Crippen LogP contribution in [0.25, 0.3) is 0 Å². The normalized spacial score (nSPS) is 25.2. The van der Waals surface area contributed by atoms with Crippen LogP contribution in [0.3, 0.4) is 0 Å².